The summed E-state index contributed by atoms with van der Waals surface area (Å²) in [4.78, 5) is 9.62. The van der Waals surface area contributed by atoms with Gasteiger partial charge in [-0.2, -0.15) is 0 Å². The van der Waals surface area contributed by atoms with Crippen LogP contribution in [0, 0.1) is 0 Å². The van der Waals surface area contributed by atoms with Crippen molar-refractivity contribution in [2.24, 2.45) is 0 Å². The van der Waals surface area contributed by atoms with Gasteiger partial charge in [0.1, 0.15) is 36.1 Å². The maximum absolute atomic E-state index is 12.5. The van der Waals surface area contributed by atoms with E-state index in [-0.39, 0.29) is 133 Å². The molecule has 4 aromatic carbocycles. The number of ether oxygens (including phenoxy) is 1. The maximum Gasteiger partial charge on any atom is 1.00 e. The van der Waals surface area contributed by atoms with Crippen molar-refractivity contribution in [3.05, 3.63) is 36.4 Å². The van der Waals surface area contributed by atoms with Gasteiger partial charge in [0.2, 0.25) is 0 Å². The molecular weight excluding hydrogens is 617 g/mol. The van der Waals surface area contributed by atoms with Crippen molar-refractivity contribution in [2.75, 3.05) is 0 Å². The van der Waals surface area contributed by atoms with E-state index in [2.05, 4.69) is 0 Å². The SMILES string of the molecule is CCCCCCC(=O)Oc1cc(S(=O)(=O)[O-])c2ccc3c(S(=O)(=O)[O-])cc(S(=O)(=O)[O-])c4ccc1c2c43.[Na+].[Na+].[Na+]. The summed E-state index contributed by atoms with van der Waals surface area (Å²) in [6.07, 6.45) is 3.07. The molecule has 0 radical (unpaired) electrons. The Morgan fingerprint density at radius 2 is 1.05 bits per heavy atom. The van der Waals surface area contributed by atoms with Crippen LogP contribution in [0.4, 0.5) is 0 Å². The molecule has 0 amide bonds. The fourth-order valence-corrected chi connectivity index (χ4v) is 6.61. The van der Waals surface area contributed by atoms with Crippen LogP contribution < -0.4 is 93.4 Å². The fraction of sp³-hybridized carbons (Fsp3) is 0.261. The molecule has 0 unspecified atom stereocenters. The summed E-state index contributed by atoms with van der Waals surface area (Å²) in [5, 5.41) is -1.21. The molecule has 0 aromatic heterocycles. The number of unbranched alkanes of at least 4 members (excludes halogenated alkanes) is 3. The molecule has 17 heteroatoms. The normalized spacial score (nSPS) is 12.1. The minimum atomic E-state index is -5.31. The van der Waals surface area contributed by atoms with Gasteiger partial charge < -0.3 is 18.4 Å². The number of carbonyl (C=O) groups is 1. The molecule has 0 N–H and O–H groups in total. The van der Waals surface area contributed by atoms with Gasteiger partial charge in [-0.3, -0.25) is 4.79 Å². The molecule has 0 aliphatic heterocycles. The summed E-state index contributed by atoms with van der Waals surface area (Å²) >= 11 is 0. The molecule has 0 aliphatic carbocycles. The van der Waals surface area contributed by atoms with Crippen LogP contribution in [-0.4, -0.2) is 44.9 Å². The molecule has 0 fully saturated rings. The maximum atomic E-state index is 12.5. The molecule has 0 aliphatic rings. The van der Waals surface area contributed by atoms with E-state index in [1.807, 2.05) is 6.92 Å². The summed E-state index contributed by atoms with van der Waals surface area (Å²) in [6.45, 7) is 1.99. The number of carbonyl (C=O) groups excluding carboxylic acids is 1. The topological polar surface area (TPSA) is 198 Å². The fourth-order valence-electron chi connectivity index (χ4n) is 4.44. The molecular formula is C23H19Na3O11S3. The van der Waals surface area contributed by atoms with Crippen molar-refractivity contribution in [3.63, 3.8) is 0 Å². The van der Waals surface area contributed by atoms with Crippen molar-refractivity contribution in [2.45, 2.75) is 53.7 Å². The molecule has 0 saturated heterocycles. The Morgan fingerprint density at radius 3 is 1.48 bits per heavy atom. The number of esters is 1. The van der Waals surface area contributed by atoms with Crippen LogP contribution in [0.3, 0.4) is 0 Å². The number of benzene rings is 4. The third-order valence-corrected chi connectivity index (χ3v) is 8.64. The van der Waals surface area contributed by atoms with Gasteiger partial charge in [-0.05, 0) is 24.6 Å². The molecule has 4 rings (SSSR count). The number of hydrogen-bond acceptors (Lipinski definition) is 11. The Labute approximate surface area is 297 Å². The zero-order chi connectivity index (χ0) is 27.3. The zero-order valence-electron chi connectivity index (χ0n) is 22.2. The first-order valence-electron chi connectivity index (χ1n) is 11.0. The van der Waals surface area contributed by atoms with Crippen LogP contribution in [0.1, 0.15) is 39.0 Å². The molecule has 11 nitrogen and oxygen atoms in total. The van der Waals surface area contributed by atoms with Gasteiger partial charge in [0.05, 0.1) is 14.7 Å². The minimum absolute atomic E-state index is 0. The van der Waals surface area contributed by atoms with Gasteiger partial charge in [0.15, 0.2) is 0 Å². The van der Waals surface area contributed by atoms with E-state index in [0.717, 1.165) is 43.5 Å². The summed E-state index contributed by atoms with van der Waals surface area (Å²) in [6, 6.07) is 5.86. The molecule has 198 valence electrons. The van der Waals surface area contributed by atoms with E-state index in [4.69, 9.17) is 4.74 Å². The molecule has 4 aromatic rings. The minimum Gasteiger partial charge on any atom is -0.744 e. The molecule has 0 heterocycles. The molecule has 0 saturated carbocycles. The predicted molar refractivity (Wildman–Crippen MR) is 128 cm³/mol. The molecule has 0 atom stereocenters. The van der Waals surface area contributed by atoms with E-state index in [0.29, 0.717) is 12.5 Å². The number of hydrogen-bond donors (Lipinski definition) is 0. The largest absolute Gasteiger partial charge is 1.00 e. The van der Waals surface area contributed by atoms with Crippen LogP contribution >= 0.6 is 0 Å². The summed E-state index contributed by atoms with van der Waals surface area (Å²) < 4.78 is 114. The van der Waals surface area contributed by atoms with Crippen LogP contribution in [0.5, 0.6) is 5.75 Å². The second-order valence-corrected chi connectivity index (χ2v) is 12.5. The van der Waals surface area contributed by atoms with Crippen molar-refractivity contribution in [1.82, 2.24) is 0 Å². The van der Waals surface area contributed by atoms with Gasteiger partial charge in [0.25, 0.3) is 0 Å². The van der Waals surface area contributed by atoms with Crippen molar-refractivity contribution in [3.8, 4) is 5.75 Å². The van der Waals surface area contributed by atoms with Crippen LogP contribution in [0.2, 0.25) is 0 Å². The molecule has 40 heavy (non-hydrogen) atoms. The quantitative estimate of drug-likeness (QED) is 0.0424. The van der Waals surface area contributed by atoms with Crippen LogP contribution in [0.15, 0.2) is 51.1 Å². The van der Waals surface area contributed by atoms with Crippen LogP contribution in [0.25, 0.3) is 32.3 Å². The van der Waals surface area contributed by atoms with Gasteiger partial charge in [-0.15, -0.1) is 0 Å². The first-order valence-corrected chi connectivity index (χ1v) is 15.2. The van der Waals surface area contributed by atoms with Gasteiger partial charge in [-0.1, -0.05) is 44.4 Å². The van der Waals surface area contributed by atoms with Gasteiger partial charge in [0, 0.05) is 38.7 Å². The summed E-state index contributed by atoms with van der Waals surface area (Å²) in [5.41, 5.74) is 0. The molecule has 0 bridgehead atoms. The Morgan fingerprint density at radius 1 is 0.650 bits per heavy atom. The Hall–Kier alpha value is 0.120. The van der Waals surface area contributed by atoms with Gasteiger partial charge in [-0.25, -0.2) is 25.3 Å². The standard InChI is InChI=1S/C23H22O11S3.3Na/c1-2-3-4-5-6-21(24)34-17-11-18(35(25,26)27)14-9-10-16-20(37(31,32)33)12-19(36(28,29)30)15-8-7-13(17)22(14)23(15)16;;;/h7-12H,2-6H2,1H3,(H,25,26,27)(H,28,29,30)(H,31,32,33);;;/q;3*+1/p-3. The van der Waals surface area contributed by atoms with Crippen molar-refractivity contribution >= 4 is 68.6 Å². The van der Waals surface area contributed by atoms with Crippen LogP contribution in [-0.2, 0) is 35.1 Å². The summed E-state index contributed by atoms with van der Waals surface area (Å²) in [5.74, 6) is -1.05. The van der Waals surface area contributed by atoms with Crippen molar-refractivity contribution in [1.29, 1.82) is 0 Å². The predicted octanol–water partition coefficient (Wildman–Crippen LogP) is -5.82. The first-order chi connectivity index (χ1) is 17.1. The van der Waals surface area contributed by atoms with Gasteiger partial charge >= 0.3 is 94.6 Å². The van der Waals surface area contributed by atoms with E-state index < -0.39 is 51.0 Å². The smallest absolute Gasteiger partial charge is 0.744 e. The van der Waals surface area contributed by atoms with E-state index >= 15 is 0 Å². The molecule has 0 spiro atoms. The average Bonchev–Trinajstić information content (AvgIpc) is 2.78. The Bertz CT molecular complexity index is 1840. The number of rotatable bonds is 9. The second kappa shape index (κ2) is 14.3. The van der Waals surface area contributed by atoms with Crippen molar-refractivity contribution < 1.29 is 137 Å². The first kappa shape index (κ1) is 38.1. The van der Waals surface area contributed by atoms with E-state index in [1.165, 1.54) is 6.07 Å². The third kappa shape index (κ3) is 7.79. The monoisotopic (exact) mass is 636 g/mol. The average molecular weight is 637 g/mol. The zero-order valence-corrected chi connectivity index (χ0v) is 30.7. The Balaban J connectivity index is 0.00000267. The Kier molecular flexibility index (Phi) is 13.6. The third-order valence-electron chi connectivity index (χ3n) is 6.01. The summed E-state index contributed by atoms with van der Waals surface area (Å²) in [7, 11) is -15.8. The van der Waals surface area contributed by atoms with E-state index in [9.17, 15) is 43.7 Å². The second-order valence-electron chi connectivity index (χ2n) is 8.46. The van der Waals surface area contributed by atoms with E-state index in [1.54, 1.807) is 0 Å².